The molecule has 0 radical (unpaired) electrons. The van der Waals surface area contributed by atoms with Gasteiger partial charge < -0.3 is 9.73 Å². The Hall–Kier alpha value is -1.29. The minimum absolute atomic E-state index is 0.0434. The molecule has 1 aromatic carbocycles. The SMILES string of the molecule is CNC(=O)CC(C)c1coc2ccc(Br)cc12. The first kappa shape index (κ1) is 12.2. The van der Waals surface area contributed by atoms with E-state index in [9.17, 15) is 4.79 Å². The third-order valence-corrected chi connectivity index (χ3v) is 3.36. The van der Waals surface area contributed by atoms with Crippen LogP contribution < -0.4 is 5.32 Å². The van der Waals surface area contributed by atoms with Gasteiger partial charge in [0.1, 0.15) is 5.58 Å². The van der Waals surface area contributed by atoms with E-state index in [1.807, 2.05) is 25.1 Å². The van der Waals surface area contributed by atoms with Crippen LogP contribution in [0.1, 0.15) is 24.8 Å². The Labute approximate surface area is 108 Å². The molecule has 0 saturated carbocycles. The van der Waals surface area contributed by atoms with Gasteiger partial charge in [0.15, 0.2) is 0 Å². The Balaban J connectivity index is 2.35. The lowest BCUT2D eigenvalue weighted by atomic mass is 9.97. The summed E-state index contributed by atoms with van der Waals surface area (Å²) in [4.78, 5) is 11.4. The second-order valence-corrected chi connectivity index (χ2v) is 5.03. The van der Waals surface area contributed by atoms with E-state index in [0.29, 0.717) is 6.42 Å². The van der Waals surface area contributed by atoms with Crippen molar-refractivity contribution in [3.8, 4) is 0 Å². The molecule has 0 spiro atoms. The van der Waals surface area contributed by atoms with Gasteiger partial charge in [-0.05, 0) is 24.1 Å². The van der Waals surface area contributed by atoms with Crippen molar-refractivity contribution >= 4 is 32.8 Å². The molecule has 90 valence electrons. The van der Waals surface area contributed by atoms with Crippen LogP contribution in [0, 0.1) is 0 Å². The second kappa shape index (κ2) is 4.92. The molecule has 0 aliphatic heterocycles. The Bertz CT molecular complexity index is 547. The van der Waals surface area contributed by atoms with Crippen LogP contribution in [0.5, 0.6) is 0 Å². The Kier molecular flexibility index (Phi) is 3.52. The highest BCUT2D eigenvalue weighted by molar-refractivity contribution is 9.10. The van der Waals surface area contributed by atoms with Crippen molar-refractivity contribution in [3.63, 3.8) is 0 Å². The van der Waals surface area contributed by atoms with E-state index in [4.69, 9.17) is 4.42 Å². The van der Waals surface area contributed by atoms with E-state index in [1.54, 1.807) is 13.3 Å². The molecule has 0 fully saturated rings. The van der Waals surface area contributed by atoms with E-state index < -0.39 is 0 Å². The molecule has 3 nitrogen and oxygen atoms in total. The third kappa shape index (κ3) is 2.52. The molecule has 17 heavy (non-hydrogen) atoms. The van der Waals surface area contributed by atoms with Gasteiger partial charge in [-0.2, -0.15) is 0 Å². The highest BCUT2D eigenvalue weighted by Gasteiger charge is 2.15. The van der Waals surface area contributed by atoms with Crippen LogP contribution in [-0.2, 0) is 4.79 Å². The molecule has 1 amide bonds. The fourth-order valence-electron chi connectivity index (χ4n) is 1.89. The number of fused-ring (bicyclic) bond motifs is 1. The van der Waals surface area contributed by atoms with Gasteiger partial charge in [-0.1, -0.05) is 22.9 Å². The molecular weight excluding hydrogens is 282 g/mol. The second-order valence-electron chi connectivity index (χ2n) is 4.11. The molecule has 0 saturated heterocycles. The van der Waals surface area contributed by atoms with Gasteiger partial charge in [0.2, 0.25) is 5.91 Å². The summed E-state index contributed by atoms with van der Waals surface area (Å²) >= 11 is 3.44. The predicted octanol–water partition coefficient (Wildman–Crippen LogP) is 3.43. The molecule has 1 heterocycles. The maximum absolute atomic E-state index is 11.4. The molecule has 1 unspecified atom stereocenters. The summed E-state index contributed by atoms with van der Waals surface area (Å²) in [5.74, 6) is 0.187. The Morgan fingerprint density at radius 3 is 3.00 bits per heavy atom. The largest absolute Gasteiger partial charge is 0.464 e. The van der Waals surface area contributed by atoms with Crippen LogP contribution in [0.15, 0.2) is 33.4 Å². The topological polar surface area (TPSA) is 42.2 Å². The summed E-state index contributed by atoms with van der Waals surface area (Å²) in [6.45, 7) is 2.03. The first-order valence-electron chi connectivity index (χ1n) is 5.49. The molecule has 2 aromatic rings. The smallest absolute Gasteiger partial charge is 0.220 e. The van der Waals surface area contributed by atoms with Crippen LogP contribution in [0.3, 0.4) is 0 Å². The molecule has 1 atom stereocenters. The van der Waals surface area contributed by atoms with E-state index in [-0.39, 0.29) is 11.8 Å². The van der Waals surface area contributed by atoms with Gasteiger partial charge in [-0.25, -0.2) is 0 Å². The molecule has 0 bridgehead atoms. The van der Waals surface area contributed by atoms with Crippen molar-refractivity contribution in [2.75, 3.05) is 7.05 Å². The molecule has 4 heteroatoms. The molecule has 2 rings (SSSR count). The lowest BCUT2D eigenvalue weighted by molar-refractivity contribution is -0.120. The Morgan fingerprint density at radius 1 is 1.53 bits per heavy atom. The van der Waals surface area contributed by atoms with Gasteiger partial charge in [-0.15, -0.1) is 0 Å². The van der Waals surface area contributed by atoms with E-state index >= 15 is 0 Å². The van der Waals surface area contributed by atoms with Crippen LogP contribution >= 0.6 is 15.9 Å². The van der Waals surface area contributed by atoms with Gasteiger partial charge >= 0.3 is 0 Å². The number of carbonyl (C=O) groups is 1. The summed E-state index contributed by atoms with van der Waals surface area (Å²) in [7, 11) is 1.65. The van der Waals surface area contributed by atoms with Crippen LogP contribution in [-0.4, -0.2) is 13.0 Å². The monoisotopic (exact) mass is 295 g/mol. The molecule has 1 N–H and O–H groups in total. The van der Waals surface area contributed by atoms with Gasteiger partial charge in [0.25, 0.3) is 0 Å². The number of amides is 1. The highest BCUT2D eigenvalue weighted by atomic mass is 79.9. The number of hydrogen-bond donors (Lipinski definition) is 1. The normalized spacial score (nSPS) is 12.6. The quantitative estimate of drug-likeness (QED) is 0.942. The van der Waals surface area contributed by atoms with Crippen molar-refractivity contribution in [1.29, 1.82) is 0 Å². The standard InChI is InChI=1S/C13H14BrNO2/c1-8(5-13(16)15-2)11-7-17-12-4-3-9(14)6-10(11)12/h3-4,6-8H,5H2,1-2H3,(H,15,16). The molecule has 0 aliphatic carbocycles. The summed E-state index contributed by atoms with van der Waals surface area (Å²) in [6.07, 6.45) is 2.21. The zero-order chi connectivity index (χ0) is 12.4. The van der Waals surface area contributed by atoms with E-state index in [1.165, 1.54) is 0 Å². The lowest BCUT2D eigenvalue weighted by Gasteiger charge is -2.08. The average Bonchev–Trinajstić information content (AvgIpc) is 2.71. The van der Waals surface area contributed by atoms with Crippen molar-refractivity contribution in [2.24, 2.45) is 0 Å². The fraction of sp³-hybridized carbons (Fsp3) is 0.308. The summed E-state index contributed by atoms with van der Waals surface area (Å²) < 4.78 is 6.50. The maximum atomic E-state index is 11.4. The fourth-order valence-corrected chi connectivity index (χ4v) is 2.25. The number of furan rings is 1. The van der Waals surface area contributed by atoms with Crippen LogP contribution in [0.25, 0.3) is 11.0 Å². The average molecular weight is 296 g/mol. The summed E-state index contributed by atoms with van der Waals surface area (Å²) in [6, 6.07) is 5.89. The van der Waals surface area contributed by atoms with Crippen molar-refractivity contribution in [2.45, 2.75) is 19.3 Å². The third-order valence-electron chi connectivity index (χ3n) is 2.87. The number of nitrogens with one attached hydrogen (secondary N) is 1. The van der Waals surface area contributed by atoms with Gasteiger partial charge in [-0.3, -0.25) is 4.79 Å². The minimum atomic E-state index is 0.0434. The number of hydrogen-bond acceptors (Lipinski definition) is 2. The maximum Gasteiger partial charge on any atom is 0.220 e. The molecular formula is C13H14BrNO2. The number of rotatable bonds is 3. The van der Waals surface area contributed by atoms with Crippen molar-refractivity contribution in [1.82, 2.24) is 5.32 Å². The van der Waals surface area contributed by atoms with Crippen molar-refractivity contribution < 1.29 is 9.21 Å². The zero-order valence-corrected chi connectivity index (χ0v) is 11.4. The number of halogens is 1. The zero-order valence-electron chi connectivity index (χ0n) is 9.79. The molecule has 1 aromatic heterocycles. The number of carbonyl (C=O) groups excluding carboxylic acids is 1. The minimum Gasteiger partial charge on any atom is -0.464 e. The lowest BCUT2D eigenvalue weighted by Crippen LogP contribution is -2.19. The Morgan fingerprint density at radius 2 is 2.29 bits per heavy atom. The molecule has 0 aliphatic rings. The summed E-state index contributed by atoms with van der Waals surface area (Å²) in [5, 5.41) is 3.70. The first-order chi connectivity index (χ1) is 8.11. The summed E-state index contributed by atoms with van der Waals surface area (Å²) in [5.41, 5.74) is 1.93. The van der Waals surface area contributed by atoms with Crippen molar-refractivity contribution in [3.05, 3.63) is 34.5 Å². The van der Waals surface area contributed by atoms with Gasteiger partial charge in [0.05, 0.1) is 6.26 Å². The highest BCUT2D eigenvalue weighted by Crippen LogP contribution is 2.31. The van der Waals surface area contributed by atoms with E-state index in [2.05, 4.69) is 21.2 Å². The number of benzene rings is 1. The van der Waals surface area contributed by atoms with Crippen LogP contribution in [0.2, 0.25) is 0 Å². The van der Waals surface area contributed by atoms with Gasteiger partial charge in [0, 0.05) is 28.9 Å². The van der Waals surface area contributed by atoms with E-state index in [0.717, 1.165) is 21.0 Å². The predicted molar refractivity (Wildman–Crippen MR) is 71.0 cm³/mol. The van der Waals surface area contributed by atoms with Crippen LogP contribution in [0.4, 0.5) is 0 Å². The first-order valence-corrected chi connectivity index (χ1v) is 6.28.